The van der Waals surface area contributed by atoms with Crippen LogP contribution in [0.15, 0.2) is 17.6 Å². The Kier molecular flexibility index (Phi) is 4.20. The molecule has 0 unspecified atom stereocenters. The van der Waals surface area contributed by atoms with Crippen LogP contribution in [0, 0.1) is 0 Å². The predicted octanol–water partition coefficient (Wildman–Crippen LogP) is 1.03. The van der Waals surface area contributed by atoms with Gasteiger partial charge in [0.2, 0.25) is 5.82 Å². The van der Waals surface area contributed by atoms with E-state index < -0.39 is 11.9 Å². The molecule has 104 valence electrons. The summed E-state index contributed by atoms with van der Waals surface area (Å²) in [6.45, 7) is 0.301. The number of ether oxygens (including phenoxy) is 1. The van der Waals surface area contributed by atoms with Gasteiger partial charge in [-0.15, -0.1) is 11.3 Å². The zero-order valence-corrected chi connectivity index (χ0v) is 11.2. The largest absolute Gasteiger partial charge is 0.476 e. The molecule has 0 aromatic carbocycles. The maximum Gasteiger partial charge on any atom is 0.376 e. The van der Waals surface area contributed by atoms with Gasteiger partial charge in [0, 0.05) is 11.6 Å². The molecular formula is C11H10N4O4S. The molecule has 0 aliphatic heterocycles. The fraction of sp³-hybridized carbons (Fsp3) is 0.182. The fourth-order valence-corrected chi connectivity index (χ4v) is 2.01. The third kappa shape index (κ3) is 3.26. The topological polar surface area (TPSA) is 114 Å². The first-order chi connectivity index (χ1) is 9.60. The molecule has 0 bridgehead atoms. The van der Waals surface area contributed by atoms with Crippen LogP contribution in [0.1, 0.15) is 26.1 Å². The van der Waals surface area contributed by atoms with Crippen LogP contribution in [0.2, 0.25) is 0 Å². The number of thiazole rings is 1. The van der Waals surface area contributed by atoms with Gasteiger partial charge in [-0.05, 0) is 6.07 Å². The maximum absolute atomic E-state index is 11.3. The van der Waals surface area contributed by atoms with Crippen LogP contribution in [-0.2, 0) is 11.3 Å². The summed E-state index contributed by atoms with van der Waals surface area (Å²) in [7, 11) is 1.24. The minimum absolute atomic E-state index is 0.00439. The number of carbonyl (C=O) groups excluding carboxylic acids is 1. The minimum atomic E-state index is -1.07. The minimum Gasteiger partial charge on any atom is -0.476 e. The normalized spacial score (nSPS) is 10.1. The summed E-state index contributed by atoms with van der Waals surface area (Å²) < 4.78 is 4.52. The smallest absolute Gasteiger partial charge is 0.376 e. The summed E-state index contributed by atoms with van der Waals surface area (Å²) in [6, 6.07) is 1.58. The van der Waals surface area contributed by atoms with Crippen molar-refractivity contribution in [2.75, 3.05) is 12.4 Å². The zero-order valence-electron chi connectivity index (χ0n) is 10.4. The second-order valence-corrected chi connectivity index (χ2v) is 4.48. The van der Waals surface area contributed by atoms with Crippen molar-refractivity contribution in [3.05, 3.63) is 34.2 Å². The van der Waals surface area contributed by atoms with E-state index in [2.05, 4.69) is 25.0 Å². The number of rotatable bonds is 5. The number of aromatic nitrogens is 3. The number of hydrogen-bond donors (Lipinski definition) is 2. The highest BCUT2D eigenvalue weighted by Gasteiger charge is 2.11. The number of carboxylic acid groups (broad SMARTS) is 1. The monoisotopic (exact) mass is 294 g/mol. The fourth-order valence-electron chi connectivity index (χ4n) is 1.30. The van der Waals surface area contributed by atoms with E-state index in [1.54, 1.807) is 6.07 Å². The molecular weight excluding hydrogens is 284 g/mol. The molecule has 0 aliphatic carbocycles. The number of methoxy groups -OCH3 is 1. The van der Waals surface area contributed by atoms with Crippen LogP contribution in [-0.4, -0.2) is 39.1 Å². The Labute approximate surface area is 117 Å². The Morgan fingerprint density at radius 1 is 1.45 bits per heavy atom. The molecule has 2 aromatic heterocycles. The summed E-state index contributed by atoms with van der Waals surface area (Å²) in [5, 5.41) is 13.7. The molecule has 0 saturated carbocycles. The van der Waals surface area contributed by atoms with E-state index >= 15 is 0 Å². The van der Waals surface area contributed by atoms with E-state index in [-0.39, 0.29) is 11.5 Å². The quantitative estimate of drug-likeness (QED) is 0.786. The van der Waals surface area contributed by atoms with Gasteiger partial charge in [0.05, 0.1) is 13.7 Å². The molecule has 2 rings (SSSR count). The number of aromatic carboxylic acids is 1. The average molecular weight is 294 g/mol. The highest BCUT2D eigenvalue weighted by atomic mass is 32.1. The van der Waals surface area contributed by atoms with E-state index in [1.807, 2.05) is 0 Å². The average Bonchev–Trinajstić information content (AvgIpc) is 2.93. The summed E-state index contributed by atoms with van der Waals surface area (Å²) in [5.74, 6) is -1.33. The van der Waals surface area contributed by atoms with Gasteiger partial charge < -0.3 is 15.2 Å². The Morgan fingerprint density at radius 2 is 2.25 bits per heavy atom. The van der Waals surface area contributed by atoms with Gasteiger partial charge in [-0.1, -0.05) is 0 Å². The number of esters is 1. The van der Waals surface area contributed by atoms with Crippen LogP contribution < -0.4 is 5.32 Å². The Bertz CT molecular complexity index is 643. The van der Waals surface area contributed by atoms with Gasteiger partial charge in [0.1, 0.15) is 10.8 Å². The molecule has 0 fully saturated rings. The van der Waals surface area contributed by atoms with E-state index in [1.165, 1.54) is 30.0 Å². The highest BCUT2D eigenvalue weighted by Crippen LogP contribution is 2.12. The molecule has 20 heavy (non-hydrogen) atoms. The molecule has 0 aliphatic rings. The Balaban J connectivity index is 2.03. The molecule has 2 heterocycles. The molecule has 0 amide bonds. The first kappa shape index (κ1) is 13.9. The highest BCUT2D eigenvalue weighted by molar-refractivity contribution is 7.09. The molecule has 0 saturated heterocycles. The number of nitrogens with one attached hydrogen (secondary N) is 1. The lowest BCUT2D eigenvalue weighted by atomic mass is 10.5. The lowest BCUT2D eigenvalue weighted by molar-refractivity contribution is 0.0586. The number of carbonyl (C=O) groups is 2. The van der Waals surface area contributed by atoms with Gasteiger partial charge in [-0.2, -0.15) is 0 Å². The standard InChI is InChI=1S/C11H10N4O4S/c1-19-11(18)9-12-3-2-7(15-9)13-4-8-14-6(5-20-8)10(16)17/h2-3,5H,4H2,1H3,(H,16,17)(H,12,13,15). The molecule has 2 N–H and O–H groups in total. The number of anilines is 1. The Morgan fingerprint density at radius 3 is 2.90 bits per heavy atom. The molecule has 9 heteroatoms. The summed E-state index contributed by atoms with van der Waals surface area (Å²) in [6.07, 6.45) is 1.42. The first-order valence-electron chi connectivity index (χ1n) is 5.43. The van der Waals surface area contributed by atoms with Crippen molar-refractivity contribution in [3.8, 4) is 0 Å². The van der Waals surface area contributed by atoms with Crippen molar-refractivity contribution < 1.29 is 19.4 Å². The predicted molar refractivity (Wildman–Crippen MR) is 69.8 cm³/mol. The second kappa shape index (κ2) is 6.06. The SMILES string of the molecule is COC(=O)c1nccc(NCc2nc(C(=O)O)cs2)n1. The van der Waals surface area contributed by atoms with Crippen molar-refractivity contribution >= 4 is 29.1 Å². The molecule has 8 nitrogen and oxygen atoms in total. The van der Waals surface area contributed by atoms with Crippen molar-refractivity contribution in [1.29, 1.82) is 0 Å². The van der Waals surface area contributed by atoms with Crippen LogP contribution in [0.5, 0.6) is 0 Å². The molecule has 2 aromatic rings. The second-order valence-electron chi connectivity index (χ2n) is 3.54. The van der Waals surface area contributed by atoms with Crippen LogP contribution in [0.3, 0.4) is 0 Å². The first-order valence-corrected chi connectivity index (χ1v) is 6.31. The van der Waals surface area contributed by atoms with Gasteiger partial charge in [-0.25, -0.2) is 24.5 Å². The number of carboxylic acids is 1. The van der Waals surface area contributed by atoms with E-state index in [0.29, 0.717) is 17.4 Å². The third-order valence-electron chi connectivity index (χ3n) is 2.22. The van der Waals surface area contributed by atoms with Crippen LogP contribution >= 0.6 is 11.3 Å². The van der Waals surface area contributed by atoms with Gasteiger partial charge in [0.25, 0.3) is 0 Å². The van der Waals surface area contributed by atoms with Crippen molar-refractivity contribution in [2.24, 2.45) is 0 Å². The lowest BCUT2D eigenvalue weighted by Gasteiger charge is -2.04. The maximum atomic E-state index is 11.3. The number of nitrogens with zero attached hydrogens (tertiary/aromatic N) is 3. The van der Waals surface area contributed by atoms with E-state index in [0.717, 1.165) is 0 Å². The van der Waals surface area contributed by atoms with Crippen molar-refractivity contribution in [3.63, 3.8) is 0 Å². The third-order valence-corrected chi connectivity index (χ3v) is 3.06. The van der Waals surface area contributed by atoms with E-state index in [9.17, 15) is 9.59 Å². The molecule has 0 spiro atoms. The van der Waals surface area contributed by atoms with Crippen molar-refractivity contribution in [2.45, 2.75) is 6.54 Å². The van der Waals surface area contributed by atoms with Crippen molar-refractivity contribution in [1.82, 2.24) is 15.0 Å². The summed E-state index contributed by atoms with van der Waals surface area (Å²) in [4.78, 5) is 33.6. The molecule has 0 radical (unpaired) electrons. The zero-order chi connectivity index (χ0) is 14.5. The molecule has 0 atom stereocenters. The summed E-state index contributed by atoms with van der Waals surface area (Å²) >= 11 is 1.22. The van der Waals surface area contributed by atoms with Crippen LogP contribution in [0.4, 0.5) is 5.82 Å². The Hall–Kier alpha value is -2.55. The summed E-state index contributed by atoms with van der Waals surface area (Å²) in [5.41, 5.74) is 0.00439. The van der Waals surface area contributed by atoms with Gasteiger partial charge in [-0.3, -0.25) is 0 Å². The lowest BCUT2D eigenvalue weighted by Crippen LogP contribution is -2.10. The van der Waals surface area contributed by atoms with Gasteiger partial charge in [0.15, 0.2) is 5.69 Å². The van der Waals surface area contributed by atoms with Gasteiger partial charge >= 0.3 is 11.9 Å². The van der Waals surface area contributed by atoms with Crippen LogP contribution in [0.25, 0.3) is 0 Å². The number of hydrogen-bond acceptors (Lipinski definition) is 8. The van der Waals surface area contributed by atoms with E-state index in [4.69, 9.17) is 5.11 Å².